The maximum absolute atomic E-state index is 12.2. The number of primary amides is 1. The minimum absolute atomic E-state index is 0. The zero-order valence-electron chi connectivity index (χ0n) is 14.2. The number of nitrogens with one attached hydrogen (secondary N) is 2. The van der Waals surface area contributed by atoms with Crippen LogP contribution in [-0.2, 0) is 9.59 Å². The standard InChI is InChI=1S/C12H23N9O3.2ClH/c1-21(8(22)4-6(13)2-3-17-10(14)15)7-5-18-12(19-9(7)23)20-11(16)24;;/h6-7H,2-5,13H2,1H3,(H4,14,15,17)(H4,16,18,19,20,23,24);2*1H/t6-,7?;;/m0../s1. The Morgan fingerprint density at radius 2 is 2.00 bits per heavy atom. The Balaban J connectivity index is 0. The Kier molecular flexibility index (Phi) is 12.1. The van der Waals surface area contributed by atoms with Crippen molar-refractivity contribution in [1.29, 1.82) is 0 Å². The minimum atomic E-state index is -0.844. The van der Waals surface area contributed by atoms with Crippen molar-refractivity contribution in [2.75, 3.05) is 20.1 Å². The summed E-state index contributed by atoms with van der Waals surface area (Å²) in [7, 11) is 1.48. The molecule has 26 heavy (non-hydrogen) atoms. The molecule has 1 rings (SSSR count). The highest BCUT2D eigenvalue weighted by Gasteiger charge is 2.31. The summed E-state index contributed by atoms with van der Waals surface area (Å²) in [5, 5.41) is 4.53. The van der Waals surface area contributed by atoms with Crippen LogP contribution in [0, 0.1) is 0 Å². The number of guanidine groups is 2. The first-order valence-corrected chi connectivity index (χ1v) is 7.19. The second-order valence-electron chi connectivity index (χ2n) is 5.25. The van der Waals surface area contributed by atoms with Crippen molar-refractivity contribution in [3.8, 4) is 0 Å². The van der Waals surface area contributed by atoms with Gasteiger partial charge in [0.1, 0.15) is 6.04 Å². The molecule has 4 amide bonds. The molecule has 0 fully saturated rings. The van der Waals surface area contributed by atoms with E-state index in [0.717, 1.165) is 0 Å². The third-order valence-corrected chi connectivity index (χ3v) is 3.30. The first kappa shape index (κ1) is 25.9. The first-order chi connectivity index (χ1) is 11.2. The fourth-order valence-electron chi connectivity index (χ4n) is 1.99. The highest BCUT2D eigenvalue weighted by molar-refractivity contribution is 6.07. The van der Waals surface area contributed by atoms with Gasteiger partial charge in [0, 0.05) is 26.1 Å². The molecule has 0 aromatic carbocycles. The molecule has 0 aromatic heterocycles. The normalized spacial score (nSPS) is 16.6. The van der Waals surface area contributed by atoms with Gasteiger partial charge in [-0.05, 0) is 6.42 Å². The third-order valence-electron chi connectivity index (χ3n) is 3.30. The Morgan fingerprint density at radius 3 is 2.50 bits per heavy atom. The number of aliphatic imine (C=N–C) groups is 2. The van der Waals surface area contributed by atoms with Crippen LogP contribution in [0.25, 0.3) is 0 Å². The van der Waals surface area contributed by atoms with Gasteiger partial charge in [-0.3, -0.25) is 25.2 Å². The topological polar surface area (TPSA) is 207 Å². The SMILES string of the molecule is CN(C(=O)C[C@@H](N)CCN=C(N)N)C1CN=C(NC(N)=O)NC1=O.Cl.Cl. The van der Waals surface area contributed by atoms with E-state index >= 15 is 0 Å². The van der Waals surface area contributed by atoms with E-state index < -0.39 is 24.0 Å². The van der Waals surface area contributed by atoms with Crippen molar-refractivity contribution in [2.45, 2.75) is 24.9 Å². The molecule has 12 nitrogen and oxygen atoms in total. The second kappa shape index (κ2) is 12.1. The molecule has 0 radical (unpaired) electrons. The molecule has 0 spiro atoms. The molecule has 14 heteroatoms. The molecule has 150 valence electrons. The van der Waals surface area contributed by atoms with Crippen molar-refractivity contribution in [2.24, 2.45) is 32.9 Å². The summed E-state index contributed by atoms with van der Waals surface area (Å²) in [6.45, 7) is 0.323. The molecule has 10 N–H and O–H groups in total. The van der Waals surface area contributed by atoms with E-state index in [1.54, 1.807) is 0 Å². The third kappa shape index (κ3) is 8.69. The van der Waals surface area contributed by atoms with E-state index in [1.807, 2.05) is 0 Å². The van der Waals surface area contributed by atoms with Crippen molar-refractivity contribution in [3.05, 3.63) is 0 Å². The highest BCUT2D eigenvalue weighted by Crippen LogP contribution is 2.07. The molecule has 1 unspecified atom stereocenters. The molecule has 0 bridgehead atoms. The van der Waals surface area contributed by atoms with Gasteiger partial charge in [0.25, 0.3) is 5.91 Å². The molecule has 0 aromatic rings. The number of nitrogens with two attached hydrogens (primary N) is 4. The van der Waals surface area contributed by atoms with Gasteiger partial charge in [-0.1, -0.05) is 0 Å². The molecule has 0 saturated carbocycles. The summed E-state index contributed by atoms with van der Waals surface area (Å²) in [5.41, 5.74) is 21.2. The fourth-order valence-corrected chi connectivity index (χ4v) is 1.99. The van der Waals surface area contributed by atoms with Gasteiger partial charge in [-0.25, -0.2) is 9.79 Å². The summed E-state index contributed by atoms with van der Waals surface area (Å²) < 4.78 is 0. The predicted octanol–water partition coefficient (Wildman–Crippen LogP) is -2.81. The van der Waals surface area contributed by atoms with E-state index in [9.17, 15) is 14.4 Å². The van der Waals surface area contributed by atoms with Crippen molar-refractivity contribution in [3.63, 3.8) is 0 Å². The highest BCUT2D eigenvalue weighted by atomic mass is 35.5. The van der Waals surface area contributed by atoms with Crippen LogP contribution in [-0.4, -0.2) is 66.9 Å². The van der Waals surface area contributed by atoms with Crippen molar-refractivity contribution < 1.29 is 14.4 Å². The van der Waals surface area contributed by atoms with Gasteiger partial charge in [0.2, 0.25) is 11.9 Å². The lowest BCUT2D eigenvalue weighted by Gasteiger charge is -2.29. The first-order valence-electron chi connectivity index (χ1n) is 7.19. The number of hydrogen-bond donors (Lipinski definition) is 6. The van der Waals surface area contributed by atoms with E-state index in [1.165, 1.54) is 11.9 Å². The van der Waals surface area contributed by atoms with Crippen molar-refractivity contribution in [1.82, 2.24) is 15.5 Å². The van der Waals surface area contributed by atoms with E-state index in [2.05, 4.69) is 20.6 Å². The number of likely N-dealkylation sites (N-methyl/N-ethyl adjacent to an activating group) is 1. The van der Waals surface area contributed by atoms with E-state index in [-0.39, 0.29) is 55.6 Å². The molecule has 1 aliphatic heterocycles. The summed E-state index contributed by atoms with van der Waals surface area (Å²) in [4.78, 5) is 43.9. The molecule has 0 aliphatic carbocycles. The lowest BCUT2D eigenvalue weighted by atomic mass is 10.1. The van der Waals surface area contributed by atoms with Gasteiger partial charge in [0.05, 0.1) is 6.54 Å². The average molecular weight is 414 g/mol. The predicted molar refractivity (Wildman–Crippen MR) is 102 cm³/mol. The fraction of sp³-hybridized carbons (Fsp3) is 0.583. The zero-order valence-corrected chi connectivity index (χ0v) is 15.8. The molecule has 1 aliphatic rings. The van der Waals surface area contributed by atoms with Crippen LogP contribution < -0.4 is 33.6 Å². The van der Waals surface area contributed by atoms with Gasteiger partial charge in [-0.15, -0.1) is 24.8 Å². The zero-order chi connectivity index (χ0) is 18.3. The summed E-state index contributed by atoms with van der Waals surface area (Å²) in [5.74, 6) is -0.867. The van der Waals surface area contributed by atoms with E-state index in [4.69, 9.17) is 22.9 Å². The molecule has 2 atom stereocenters. The monoisotopic (exact) mass is 413 g/mol. The van der Waals surface area contributed by atoms with Crippen LogP contribution in [0.3, 0.4) is 0 Å². The Bertz CT molecular complexity index is 566. The molecular formula is C12H25Cl2N9O3. The van der Waals surface area contributed by atoms with Crippen LogP contribution in [0.15, 0.2) is 9.98 Å². The number of nitrogens with zero attached hydrogens (tertiary/aromatic N) is 3. The smallest absolute Gasteiger partial charge is 0.318 e. The van der Waals surface area contributed by atoms with Gasteiger partial charge in [-0.2, -0.15) is 0 Å². The van der Waals surface area contributed by atoms with Crippen molar-refractivity contribution >= 4 is 54.6 Å². The summed E-state index contributed by atoms with van der Waals surface area (Å²) >= 11 is 0. The van der Waals surface area contributed by atoms with Crippen LogP contribution >= 0.6 is 24.8 Å². The summed E-state index contributed by atoms with van der Waals surface area (Å²) in [6.07, 6.45) is 0.468. The number of halogens is 2. The average Bonchev–Trinajstić information content (AvgIpc) is 2.45. The van der Waals surface area contributed by atoms with Gasteiger partial charge < -0.3 is 27.8 Å². The number of amides is 4. The Labute approximate surface area is 163 Å². The quantitative estimate of drug-likeness (QED) is 0.200. The van der Waals surface area contributed by atoms with Crippen LogP contribution in [0.4, 0.5) is 4.79 Å². The summed E-state index contributed by atoms with van der Waals surface area (Å²) in [6, 6.07) is -2.07. The van der Waals surface area contributed by atoms with Crippen LogP contribution in [0.2, 0.25) is 0 Å². The molecule has 1 heterocycles. The lowest BCUT2D eigenvalue weighted by molar-refractivity contribution is -0.138. The number of hydrogen-bond acceptors (Lipinski definition) is 6. The number of urea groups is 1. The van der Waals surface area contributed by atoms with Gasteiger partial charge >= 0.3 is 6.03 Å². The Hall–Kier alpha value is -2.31. The maximum Gasteiger partial charge on any atom is 0.318 e. The molecular weight excluding hydrogens is 389 g/mol. The number of rotatable bonds is 6. The van der Waals surface area contributed by atoms with E-state index in [0.29, 0.717) is 13.0 Å². The lowest BCUT2D eigenvalue weighted by Crippen LogP contribution is -2.58. The number of carbonyl (C=O) groups excluding carboxylic acids is 3. The minimum Gasteiger partial charge on any atom is -0.370 e. The second-order valence-corrected chi connectivity index (χ2v) is 5.25. The van der Waals surface area contributed by atoms with Gasteiger partial charge in [0.15, 0.2) is 5.96 Å². The van der Waals surface area contributed by atoms with Crippen LogP contribution in [0.1, 0.15) is 12.8 Å². The van der Waals surface area contributed by atoms with Crippen LogP contribution in [0.5, 0.6) is 0 Å². The Morgan fingerprint density at radius 1 is 1.38 bits per heavy atom. The maximum atomic E-state index is 12.2. The molecule has 0 saturated heterocycles. The largest absolute Gasteiger partial charge is 0.370 e. The number of carbonyl (C=O) groups is 3.